The lowest BCUT2D eigenvalue weighted by molar-refractivity contribution is 0.0427. The summed E-state index contributed by atoms with van der Waals surface area (Å²) < 4.78 is 5.79. The number of ether oxygens (including phenoxy) is 1. The molecule has 0 unspecified atom stereocenters. The lowest BCUT2D eigenvalue weighted by Crippen LogP contribution is -2.46. The zero-order chi connectivity index (χ0) is 17.2. The molecule has 0 aromatic heterocycles. The molecule has 0 aliphatic carbocycles. The Labute approximate surface area is 152 Å². The molecular formula is C20H22N2O2S. The molecule has 2 aliphatic rings. The van der Waals surface area contributed by atoms with Crippen LogP contribution in [-0.2, 0) is 4.74 Å². The second-order valence-electron chi connectivity index (χ2n) is 6.46. The molecule has 1 N–H and O–H groups in total. The Bertz CT molecular complexity index is 757. The summed E-state index contributed by atoms with van der Waals surface area (Å²) in [4.78, 5) is 16.3. The molecule has 0 radical (unpaired) electrons. The van der Waals surface area contributed by atoms with Crippen molar-refractivity contribution in [3.8, 4) is 0 Å². The van der Waals surface area contributed by atoms with E-state index in [9.17, 15) is 4.79 Å². The number of nitrogens with zero attached hydrogens (tertiary/aromatic N) is 1. The van der Waals surface area contributed by atoms with E-state index in [2.05, 4.69) is 35.8 Å². The first-order chi connectivity index (χ1) is 12.3. The van der Waals surface area contributed by atoms with Gasteiger partial charge in [0.2, 0.25) is 0 Å². The molecule has 0 spiro atoms. The van der Waals surface area contributed by atoms with Crippen molar-refractivity contribution in [1.29, 1.82) is 0 Å². The topological polar surface area (TPSA) is 41.6 Å². The van der Waals surface area contributed by atoms with Gasteiger partial charge in [-0.25, -0.2) is 0 Å². The van der Waals surface area contributed by atoms with Gasteiger partial charge in [-0.3, -0.25) is 4.79 Å². The van der Waals surface area contributed by atoms with Gasteiger partial charge >= 0.3 is 0 Å². The van der Waals surface area contributed by atoms with Crippen LogP contribution in [0.1, 0.15) is 34.9 Å². The Hall–Kier alpha value is -1.98. The summed E-state index contributed by atoms with van der Waals surface area (Å²) in [6.45, 7) is 1.42. The standard InChI is InChI=1S/C20H22N2O2S/c1-25-16-10-8-14(9-11-16)19-21-18-7-3-2-6-17(18)20(23)22(19)13-15-5-4-12-24-15/h2-3,6-11,15,19,21H,4-5,12-13H2,1H3/t15-,19+/m1/s1. The highest BCUT2D eigenvalue weighted by atomic mass is 32.2. The van der Waals surface area contributed by atoms with Crippen LogP contribution in [0.5, 0.6) is 0 Å². The van der Waals surface area contributed by atoms with Gasteiger partial charge in [0.1, 0.15) is 6.17 Å². The average Bonchev–Trinajstić information content (AvgIpc) is 3.17. The summed E-state index contributed by atoms with van der Waals surface area (Å²) in [6, 6.07) is 16.2. The second kappa shape index (κ2) is 7.10. The quantitative estimate of drug-likeness (QED) is 0.838. The van der Waals surface area contributed by atoms with Gasteiger partial charge < -0.3 is 15.0 Å². The zero-order valence-corrected chi connectivity index (χ0v) is 15.1. The molecule has 4 rings (SSSR count). The normalized spacial score (nSPS) is 22.6. The van der Waals surface area contributed by atoms with Crippen molar-refractivity contribution in [2.24, 2.45) is 0 Å². The molecule has 1 amide bonds. The molecule has 2 aromatic carbocycles. The number of hydrogen-bond acceptors (Lipinski definition) is 4. The molecule has 2 atom stereocenters. The second-order valence-corrected chi connectivity index (χ2v) is 7.34. The number of nitrogens with one attached hydrogen (secondary N) is 1. The number of anilines is 1. The third-order valence-corrected chi connectivity index (χ3v) is 5.62. The number of para-hydroxylation sites is 1. The van der Waals surface area contributed by atoms with Crippen molar-refractivity contribution in [3.05, 3.63) is 59.7 Å². The van der Waals surface area contributed by atoms with Gasteiger partial charge in [0, 0.05) is 23.7 Å². The van der Waals surface area contributed by atoms with Gasteiger partial charge in [0.05, 0.1) is 11.7 Å². The SMILES string of the molecule is CSc1ccc([C@H]2Nc3ccccc3C(=O)N2C[C@H]2CCCO2)cc1. The maximum Gasteiger partial charge on any atom is 0.257 e. The van der Waals surface area contributed by atoms with Crippen LogP contribution in [-0.4, -0.2) is 36.3 Å². The molecule has 5 heteroatoms. The Morgan fingerprint density at radius 2 is 2.00 bits per heavy atom. The van der Waals surface area contributed by atoms with Crippen LogP contribution in [0, 0.1) is 0 Å². The average molecular weight is 354 g/mol. The molecule has 25 heavy (non-hydrogen) atoms. The molecule has 1 fully saturated rings. The zero-order valence-electron chi connectivity index (χ0n) is 14.3. The monoisotopic (exact) mass is 354 g/mol. The highest BCUT2D eigenvalue weighted by Crippen LogP contribution is 2.34. The van der Waals surface area contributed by atoms with Crippen molar-refractivity contribution < 1.29 is 9.53 Å². The van der Waals surface area contributed by atoms with Crippen LogP contribution < -0.4 is 5.32 Å². The van der Waals surface area contributed by atoms with E-state index in [-0.39, 0.29) is 18.2 Å². The fourth-order valence-electron chi connectivity index (χ4n) is 3.54. The Morgan fingerprint density at radius 3 is 2.72 bits per heavy atom. The van der Waals surface area contributed by atoms with Gasteiger partial charge in [-0.1, -0.05) is 24.3 Å². The number of rotatable bonds is 4. The molecule has 2 aliphatic heterocycles. The summed E-state index contributed by atoms with van der Waals surface area (Å²) in [5, 5.41) is 3.55. The maximum atomic E-state index is 13.1. The maximum absolute atomic E-state index is 13.1. The highest BCUT2D eigenvalue weighted by molar-refractivity contribution is 7.98. The Kier molecular flexibility index (Phi) is 4.68. The molecule has 0 bridgehead atoms. The van der Waals surface area contributed by atoms with Gasteiger partial charge in [0.15, 0.2) is 0 Å². The molecule has 0 saturated carbocycles. The summed E-state index contributed by atoms with van der Waals surface area (Å²) in [6.07, 6.45) is 4.12. The van der Waals surface area contributed by atoms with Crippen LogP contribution in [0.25, 0.3) is 0 Å². The van der Waals surface area contributed by atoms with E-state index in [0.29, 0.717) is 6.54 Å². The van der Waals surface area contributed by atoms with Crippen LogP contribution in [0.2, 0.25) is 0 Å². The lowest BCUT2D eigenvalue weighted by Gasteiger charge is -2.39. The number of fused-ring (bicyclic) bond motifs is 1. The summed E-state index contributed by atoms with van der Waals surface area (Å²) in [7, 11) is 0. The third-order valence-electron chi connectivity index (χ3n) is 4.88. The molecule has 2 heterocycles. The van der Waals surface area contributed by atoms with Crippen molar-refractivity contribution in [2.45, 2.75) is 30.0 Å². The number of amides is 1. The van der Waals surface area contributed by atoms with E-state index < -0.39 is 0 Å². The minimum absolute atomic E-state index is 0.0730. The van der Waals surface area contributed by atoms with E-state index in [1.54, 1.807) is 11.8 Å². The minimum Gasteiger partial charge on any atom is -0.376 e. The number of carbonyl (C=O) groups excluding carboxylic acids is 1. The van der Waals surface area contributed by atoms with E-state index in [0.717, 1.165) is 36.3 Å². The van der Waals surface area contributed by atoms with Gasteiger partial charge in [0.25, 0.3) is 5.91 Å². The van der Waals surface area contributed by atoms with Gasteiger partial charge in [-0.2, -0.15) is 0 Å². The molecule has 4 nitrogen and oxygen atoms in total. The summed E-state index contributed by atoms with van der Waals surface area (Å²) in [5.74, 6) is 0.0730. The first-order valence-electron chi connectivity index (χ1n) is 8.68. The Morgan fingerprint density at radius 1 is 1.20 bits per heavy atom. The largest absolute Gasteiger partial charge is 0.376 e. The van der Waals surface area contributed by atoms with E-state index in [1.807, 2.05) is 29.2 Å². The van der Waals surface area contributed by atoms with Gasteiger partial charge in [-0.05, 0) is 48.9 Å². The van der Waals surface area contributed by atoms with Crippen LogP contribution in [0.3, 0.4) is 0 Å². The van der Waals surface area contributed by atoms with Crippen molar-refractivity contribution in [3.63, 3.8) is 0 Å². The highest BCUT2D eigenvalue weighted by Gasteiger charge is 2.35. The first-order valence-corrected chi connectivity index (χ1v) is 9.91. The number of carbonyl (C=O) groups is 1. The van der Waals surface area contributed by atoms with Crippen LogP contribution in [0.4, 0.5) is 5.69 Å². The first kappa shape index (κ1) is 16.5. The smallest absolute Gasteiger partial charge is 0.257 e. The Balaban J connectivity index is 1.68. The predicted octanol–water partition coefficient (Wildman–Crippen LogP) is 4.15. The van der Waals surface area contributed by atoms with E-state index in [1.165, 1.54) is 4.90 Å². The molecule has 1 saturated heterocycles. The molecule has 130 valence electrons. The fraction of sp³-hybridized carbons (Fsp3) is 0.350. The van der Waals surface area contributed by atoms with Crippen molar-refractivity contribution >= 4 is 23.4 Å². The van der Waals surface area contributed by atoms with Gasteiger partial charge in [-0.15, -0.1) is 11.8 Å². The fourth-order valence-corrected chi connectivity index (χ4v) is 3.95. The predicted molar refractivity (Wildman–Crippen MR) is 101 cm³/mol. The molecule has 2 aromatic rings. The lowest BCUT2D eigenvalue weighted by atomic mass is 10.0. The van der Waals surface area contributed by atoms with Crippen molar-refractivity contribution in [1.82, 2.24) is 4.90 Å². The number of benzene rings is 2. The van der Waals surface area contributed by atoms with Crippen LogP contribution in [0.15, 0.2) is 53.4 Å². The third kappa shape index (κ3) is 3.26. The summed E-state index contributed by atoms with van der Waals surface area (Å²) in [5.41, 5.74) is 2.73. The number of hydrogen-bond donors (Lipinski definition) is 1. The van der Waals surface area contributed by atoms with E-state index >= 15 is 0 Å². The van der Waals surface area contributed by atoms with Crippen molar-refractivity contribution in [2.75, 3.05) is 24.7 Å². The minimum atomic E-state index is -0.164. The van der Waals surface area contributed by atoms with E-state index in [4.69, 9.17) is 4.74 Å². The summed E-state index contributed by atoms with van der Waals surface area (Å²) >= 11 is 1.72. The van der Waals surface area contributed by atoms with Crippen LogP contribution >= 0.6 is 11.8 Å². The number of thioether (sulfide) groups is 1. The molecular weight excluding hydrogens is 332 g/mol.